The summed E-state index contributed by atoms with van der Waals surface area (Å²) in [6.45, 7) is 0. The second-order valence-electron chi connectivity index (χ2n) is 14.1. The average Bonchev–Trinajstić information content (AvgIpc) is 3.25. The van der Waals surface area contributed by atoms with Gasteiger partial charge in [-0.1, -0.05) is 176 Å². The van der Waals surface area contributed by atoms with Gasteiger partial charge >= 0.3 is 0 Å². The smallest absolute Gasteiger partial charge is 0.160 e. The highest BCUT2D eigenvalue weighted by atomic mass is 14.9. The highest BCUT2D eigenvalue weighted by Gasteiger charge is 2.18. The van der Waals surface area contributed by atoms with E-state index in [1.165, 1.54) is 70.4 Å². The van der Waals surface area contributed by atoms with Gasteiger partial charge < -0.3 is 0 Å². The molecule has 250 valence electrons. The molecule has 2 nitrogen and oxygen atoms in total. The van der Waals surface area contributed by atoms with Crippen molar-refractivity contribution in [1.29, 1.82) is 0 Å². The van der Waals surface area contributed by atoms with Gasteiger partial charge in [0.15, 0.2) is 5.82 Å². The molecule has 0 atom stereocenters. The second kappa shape index (κ2) is 12.2. The first-order chi connectivity index (χ1) is 26.8. The van der Waals surface area contributed by atoms with Crippen molar-refractivity contribution in [3.8, 4) is 45.0 Å². The Kier molecular flexibility index (Phi) is 6.90. The Morgan fingerprint density at radius 2 is 0.778 bits per heavy atom. The number of rotatable bonds is 4. The molecule has 0 amide bonds. The van der Waals surface area contributed by atoms with Gasteiger partial charge in [-0.15, -0.1) is 0 Å². The number of nitrogens with zero attached hydrogens (tertiary/aromatic N) is 2. The highest BCUT2D eigenvalue weighted by molar-refractivity contribution is 6.23. The molecule has 0 N–H and O–H groups in total. The Morgan fingerprint density at radius 3 is 1.56 bits per heavy atom. The fraction of sp³-hybridized carbons (Fsp3) is 0. The Hall–Kier alpha value is -7.16. The maximum atomic E-state index is 5.28. The lowest BCUT2D eigenvalue weighted by Crippen LogP contribution is -1.97. The first-order valence-electron chi connectivity index (χ1n) is 18.5. The molecule has 0 saturated carbocycles. The van der Waals surface area contributed by atoms with Gasteiger partial charge in [0.25, 0.3) is 0 Å². The fourth-order valence-electron chi connectivity index (χ4n) is 8.47. The van der Waals surface area contributed by atoms with Crippen LogP contribution in [0.2, 0.25) is 0 Å². The van der Waals surface area contributed by atoms with Crippen molar-refractivity contribution in [3.05, 3.63) is 194 Å². The van der Waals surface area contributed by atoms with Crippen molar-refractivity contribution in [2.45, 2.75) is 0 Å². The van der Waals surface area contributed by atoms with E-state index in [0.29, 0.717) is 5.82 Å². The molecule has 0 aliphatic heterocycles. The van der Waals surface area contributed by atoms with Gasteiger partial charge in [-0.05, 0) is 94.0 Å². The Labute approximate surface area is 312 Å². The van der Waals surface area contributed by atoms with Gasteiger partial charge in [0.05, 0.1) is 11.4 Å². The molecule has 0 aliphatic carbocycles. The minimum atomic E-state index is 0.710. The summed E-state index contributed by atoms with van der Waals surface area (Å²) in [7, 11) is 0. The molecule has 11 aromatic rings. The third-order valence-electron chi connectivity index (χ3n) is 11.0. The van der Waals surface area contributed by atoms with Crippen LogP contribution in [0.3, 0.4) is 0 Å². The van der Waals surface area contributed by atoms with E-state index in [2.05, 4.69) is 176 Å². The fourth-order valence-corrected chi connectivity index (χ4v) is 8.47. The molecule has 1 heterocycles. The zero-order valence-electron chi connectivity index (χ0n) is 29.4. The number of hydrogen-bond donors (Lipinski definition) is 0. The second-order valence-corrected chi connectivity index (χ2v) is 14.1. The lowest BCUT2D eigenvalue weighted by molar-refractivity contribution is 1.19. The molecule has 0 saturated heterocycles. The van der Waals surface area contributed by atoms with Gasteiger partial charge in [-0.3, -0.25) is 0 Å². The van der Waals surface area contributed by atoms with Crippen LogP contribution in [0.1, 0.15) is 0 Å². The van der Waals surface area contributed by atoms with Gasteiger partial charge in [0.2, 0.25) is 0 Å². The molecule has 10 aromatic carbocycles. The maximum absolute atomic E-state index is 5.28. The number of hydrogen-bond acceptors (Lipinski definition) is 2. The van der Waals surface area contributed by atoms with Gasteiger partial charge in [0, 0.05) is 16.7 Å². The van der Waals surface area contributed by atoms with Gasteiger partial charge in [-0.25, -0.2) is 9.97 Å². The third-order valence-corrected chi connectivity index (χ3v) is 11.0. The van der Waals surface area contributed by atoms with Crippen LogP contribution in [0.25, 0.3) is 110 Å². The predicted octanol–water partition coefficient (Wildman–Crippen LogP) is 14.1. The van der Waals surface area contributed by atoms with Crippen molar-refractivity contribution in [2.24, 2.45) is 0 Å². The molecule has 54 heavy (non-hydrogen) atoms. The van der Waals surface area contributed by atoms with Crippen molar-refractivity contribution in [1.82, 2.24) is 9.97 Å². The SMILES string of the molecule is c1ccc(-c2nc(-c3ccc4c(ccc5ccccc54)c3)cc(-c3ccc(-c4c5ccccc5cc5c4ccc4ccccc45)c4ccccc34)n2)cc1. The minimum Gasteiger partial charge on any atom is -0.228 e. The summed E-state index contributed by atoms with van der Waals surface area (Å²) in [5.74, 6) is 0.710. The zero-order chi connectivity index (χ0) is 35.6. The highest BCUT2D eigenvalue weighted by Crippen LogP contribution is 2.44. The standard InChI is InChI=1S/C52H32N2/c1-2-14-35(15-3-1)52-53-49(38-25-26-41-37(30-38)23-22-33-12-4-7-17-39(33)41)32-50(54-52)45-28-29-46(44-21-11-10-20-43(44)45)51-42-19-9-6-16-36(42)31-48-40-18-8-5-13-34(40)24-27-47(48)51/h1-32H. The van der Waals surface area contributed by atoms with Crippen LogP contribution in [0.5, 0.6) is 0 Å². The largest absolute Gasteiger partial charge is 0.228 e. The zero-order valence-corrected chi connectivity index (χ0v) is 29.4. The lowest BCUT2D eigenvalue weighted by Gasteiger charge is -2.17. The minimum absolute atomic E-state index is 0.710. The number of fused-ring (bicyclic) bond motifs is 8. The van der Waals surface area contributed by atoms with Crippen molar-refractivity contribution in [2.75, 3.05) is 0 Å². The molecule has 0 unspecified atom stereocenters. The Balaban J connectivity index is 1.15. The van der Waals surface area contributed by atoms with Crippen LogP contribution in [-0.4, -0.2) is 9.97 Å². The van der Waals surface area contributed by atoms with E-state index >= 15 is 0 Å². The monoisotopic (exact) mass is 684 g/mol. The van der Waals surface area contributed by atoms with Crippen LogP contribution < -0.4 is 0 Å². The molecule has 0 aliphatic rings. The Morgan fingerprint density at radius 1 is 0.259 bits per heavy atom. The number of benzene rings is 10. The summed E-state index contributed by atoms with van der Waals surface area (Å²) in [5, 5.41) is 14.8. The molecule has 2 heteroatoms. The maximum Gasteiger partial charge on any atom is 0.160 e. The molecule has 0 fully saturated rings. The van der Waals surface area contributed by atoms with E-state index in [1.54, 1.807) is 0 Å². The predicted molar refractivity (Wildman–Crippen MR) is 229 cm³/mol. The quantitative estimate of drug-likeness (QED) is 0.136. The van der Waals surface area contributed by atoms with Crippen LogP contribution in [0.4, 0.5) is 0 Å². The molecule has 11 rings (SSSR count). The molecular weight excluding hydrogens is 653 g/mol. The van der Waals surface area contributed by atoms with Crippen molar-refractivity contribution >= 4 is 64.6 Å². The first kappa shape index (κ1) is 30.5. The van der Waals surface area contributed by atoms with Crippen molar-refractivity contribution < 1.29 is 0 Å². The summed E-state index contributed by atoms with van der Waals surface area (Å²) in [6.07, 6.45) is 0. The molecule has 0 radical (unpaired) electrons. The first-order valence-corrected chi connectivity index (χ1v) is 18.5. The Bertz CT molecular complexity index is 3270. The van der Waals surface area contributed by atoms with E-state index in [0.717, 1.165) is 33.5 Å². The molecule has 0 spiro atoms. The summed E-state index contributed by atoms with van der Waals surface area (Å²) in [5.41, 5.74) is 7.40. The van der Waals surface area contributed by atoms with Crippen LogP contribution in [0.15, 0.2) is 194 Å². The molecule has 1 aromatic heterocycles. The lowest BCUT2D eigenvalue weighted by atomic mass is 9.86. The summed E-state index contributed by atoms with van der Waals surface area (Å²) in [6, 6.07) is 69.9. The van der Waals surface area contributed by atoms with E-state index in [9.17, 15) is 0 Å². The van der Waals surface area contributed by atoms with E-state index in [-0.39, 0.29) is 0 Å². The topological polar surface area (TPSA) is 25.8 Å². The molecular formula is C52H32N2. The van der Waals surface area contributed by atoms with Gasteiger partial charge in [0.1, 0.15) is 0 Å². The van der Waals surface area contributed by atoms with E-state index < -0.39 is 0 Å². The van der Waals surface area contributed by atoms with Crippen LogP contribution >= 0.6 is 0 Å². The summed E-state index contributed by atoms with van der Waals surface area (Å²) >= 11 is 0. The van der Waals surface area contributed by atoms with Crippen LogP contribution in [-0.2, 0) is 0 Å². The van der Waals surface area contributed by atoms with Crippen LogP contribution in [0, 0.1) is 0 Å². The normalized spacial score (nSPS) is 11.7. The van der Waals surface area contributed by atoms with E-state index in [4.69, 9.17) is 9.97 Å². The third kappa shape index (κ3) is 4.88. The van der Waals surface area contributed by atoms with Crippen molar-refractivity contribution in [3.63, 3.8) is 0 Å². The number of aromatic nitrogens is 2. The summed E-state index contributed by atoms with van der Waals surface area (Å²) < 4.78 is 0. The van der Waals surface area contributed by atoms with E-state index in [1.807, 2.05) is 18.2 Å². The van der Waals surface area contributed by atoms with Gasteiger partial charge in [-0.2, -0.15) is 0 Å². The molecule has 0 bridgehead atoms. The summed E-state index contributed by atoms with van der Waals surface area (Å²) in [4.78, 5) is 10.5. The average molecular weight is 685 g/mol.